The van der Waals surface area contributed by atoms with Crippen LogP contribution in [0.25, 0.3) is 0 Å². The molecule has 0 spiro atoms. The Kier molecular flexibility index (Phi) is 8.44. The molecule has 2 heterocycles. The SMILES string of the molecule is Oc1cccc(B2OCC(COCCCCOCC3COB(c4cccc(O)c4)O3)O2)c1. The molecule has 2 aliphatic rings. The molecule has 0 aromatic heterocycles. The van der Waals surface area contributed by atoms with E-state index >= 15 is 0 Å². The van der Waals surface area contributed by atoms with Crippen LogP contribution < -0.4 is 10.9 Å². The highest BCUT2D eigenvalue weighted by Crippen LogP contribution is 2.13. The first kappa shape index (κ1) is 23.1. The van der Waals surface area contributed by atoms with Gasteiger partial charge in [-0.3, -0.25) is 0 Å². The number of phenolic OH excluding ortho intramolecular Hbond substituents is 2. The minimum Gasteiger partial charge on any atom is -0.508 e. The lowest BCUT2D eigenvalue weighted by atomic mass is 9.79. The average Bonchev–Trinajstić information content (AvgIpc) is 3.46. The lowest BCUT2D eigenvalue weighted by Gasteiger charge is -2.12. The zero-order chi connectivity index (χ0) is 22.2. The maximum absolute atomic E-state index is 9.56. The zero-order valence-electron chi connectivity index (χ0n) is 17.9. The normalized spacial score (nSPS) is 20.9. The van der Waals surface area contributed by atoms with E-state index in [1.165, 1.54) is 0 Å². The van der Waals surface area contributed by atoms with Crippen LogP contribution in [0.1, 0.15) is 12.8 Å². The Bertz CT molecular complexity index is 785. The number of hydrogen-bond acceptors (Lipinski definition) is 8. The van der Waals surface area contributed by atoms with Gasteiger partial charge in [-0.15, -0.1) is 0 Å². The minimum atomic E-state index is -0.460. The number of unbranched alkanes of at least 4 members (excludes halogenated alkanes) is 1. The molecular formula is C22H28B2O8. The fraction of sp³-hybridized carbons (Fsp3) is 0.455. The van der Waals surface area contributed by atoms with E-state index in [1.54, 1.807) is 36.4 Å². The summed E-state index contributed by atoms with van der Waals surface area (Å²) in [7, 11) is -0.920. The van der Waals surface area contributed by atoms with Crippen molar-refractivity contribution in [3.8, 4) is 11.5 Å². The molecule has 2 fully saturated rings. The molecule has 0 bridgehead atoms. The summed E-state index contributed by atoms with van der Waals surface area (Å²) < 4.78 is 34.3. The van der Waals surface area contributed by atoms with Gasteiger partial charge in [-0.2, -0.15) is 0 Å². The van der Waals surface area contributed by atoms with Crippen LogP contribution in [0.5, 0.6) is 11.5 Å². The third kappa shape index (κ3) is 6.71. The maximum atomic E-state index is 9.56. The van der Waals surface area contributed by atoms with Crippen LogP contribution in [0.4, 0.5) is 0 Å². The molecule has 2 N–H and O–H groups in total. The Hall–Kier alpha value is -2.07. The molecule has 0 aliphatic carbocycles. The highest BCUT2D eigenvalue weighted by Gasteiger charge is 2.34. The summed E-state index contributed by atoms with van der Waals surface area (Å²) in [6.45, 7) is 3.14. The van der Waals surface area contributed by atoms with Crippen molar-refractivity contribution in [2.45, 2.75) is 25.0 Å². The first-order valence-electron chi connectivity index (χ1n) is 10.9. The first-order chi connectivity index (χ1) is 15.7. The molecule has 2 aliphatic heterocycles. The molecule has 8 nitrogen and oxygen atoms in total. The maximum Gasteiger partial charge on any atom is 0.494 e. The molecule has 0 amide bonds. The minimum absolute atomic E-state index is 0.113. The van der Waals surface area contributed by atoms with Crippen molar-refractivity contribution in [3.63, 3.8) is 0 Å². The quantitative estimate of drug-likeness (QED) is 0.391. The van der Waals surface area contributed by atoms with Crippen molar-refractivity contribution in [2.24, 2.45) is 0 Å². The number of hydrogen-bond donors (Lipinski definition) is 2. The summed E-state index contributed by atoms with van der Waals surface area (Å²) in [5, 5.41) is 19.1. The topological polar surface area (TPSA) is 95.8 Å². The van der Waals surface area contributed by atoms with Crippen molar-refractivity contribution in [1.82, 2.24) is 0 Å². The summed E-state index contributed by atoms with van der Waals surface area (Å²) in [6, 6.07) is 13.8. The number of aromatic hydroxyl groups is 2. The van der Waals surface area contributed by atoms with Crippen molar-refractivity contribution >= 4 is 25.2 Å². The van der Waals surface area contributed by atoms with Gasteiger partial charge in [0.05, 0.1) is 38.6 Å². The fourth-order valence-electron chi connectivity index (χ4n) is 3.60. The third-order valence-electron chi connectivity index (χ3n) is 5.22. The van der Waals surface area contributed by atoms with E-state index in [2.05, 4.69) is 0 Å². The molecular weight excluding hydrogens is 414 g/mol. The van der Waals surface area contributed by atoms with E-state index in [-0.39, 0.29) is 23.7 Å². The predicted octanol–water partition coefficient (Wildman–Crippen LogP) is 0.833. The van der Waals surface area contributed by atoms with Gasteiger partial charge in [0.2, 0.25) is 0 Å². The molecule has 0 radical (unpaired) electrons. The van der Waals surface area contributed by atoms with Crippen LogP contribution in [0.15, 0.2) is 48.5 Å². The molecule has 2 aromatic carbocycles. The smallest absolute Gasteiger partial charge is 0.494 e. The van der Waals surface area contributed by atoms with Crippen LogP contribution in [0.3, 0.4) is 0 Å². The Morgan fingerprint density at radius 2 is 1.22 bits per heavy atom. The molecule has 4 rings (SSSR count). The summed E-state index contributed by atoms with van der Waals surface area (Å²) in [5.41, 5.74) is 1.60. The van der Waals surface area contributed by atoms with Crippen molar-refractivity contribution < 1.29 is 38.3 Å². The van der Waals surface area contributed by atoms with Gasteiger partial charge in [0, 0.05) is 13.2 Å². The fourth-order valence-corrected chi connectivity index (χ4v) is 3.60. The monoisotopic (exact) mass is 442 g/mol. The van der Waals surface area contributed by atoms with Gasteiger partial charge in [-0.25, -0.2) is 0 Å². The van der Waals surface area contributed by atoms with Crippen LogP contribution in [0, 0.1) is 0 Å². The van der Waals surface area contributed by atoms with Crippen LogP contribution in [-0.4, -0.2) is 76.3 Å². The summed E-state index contributed by atoms with van der Waals surface area (Å²) in [5.74, 6) is 0.389. The predicted molar refractivity (Wildman–Crippen MR) is 120 cm³/mol. The molecule has 2 unspecified atom stereocenters. The van der Waals surface area contributed by atoms with Crippen molar-refractivity contribution in [3.05, 3.63) is 48.5 Å². The lowest BCUT2D eigenvalue weighted by Crippen LogP contribution is -2.33. The van der Waals surface area contributed by atoms with E-state index in [1.807, 2.05) is 12.1 Å². The summed E-state index contributed by atoms with van der Waals surface area (Å²) in [6.07, 6.45) is 1.55. The standard InChI is InChI=1S/C22H28B2O8/c25-19-7-3-5-17(11-19)23-29-15-21(31-23)13-27-9-1-2-10-28-14-22-16-30-24(32-22)18-6-4-8-20(26)12-18/h3-8,11-12,21-22,25-26H,1-2,9-10,13-16H2. The van der Waals surface area contributed by atoms with Gasteiger partial charge in [-0.05, 0) is 48.0 Å². The highest BCUT2D eigenvalue weighted by atomic mass is 16.7. The van der Waals surface area contributed by atoms with Gasteiger partial charge in [0.15, 0.2) is 0 Å². The Labute approximate surface area is 188 Å². The molecule has 0 saturated carbocycles. The zero-order valence-corrected chi connectivity index (χ0v) is 17.9. The molecule has 170 valence electrons. The van der Waals surface area contributed by atoms with E-state index in [0.717, 1.165) is 23.8 Å². The molecule has 2 atom stereocenters. The molecule has 10 heteroatoms. The van der Waals surface area contributed by atoms with E-state index in [9.17, 15) is 10.2 Å². The molecule has 32 heavy (non-hydrogen) atoms. The second kappa shape index (κ2) is 11.7. The van der Waals surface area contributed by atoms with Crippen LogP contribution >= 0.6 is 0 Å². The van der Waals surface area contributed by atoms with Crippen LogP contribution in [-0.2, 0) is 28.1 Å². The third-order valence-corrected chi connectivity index (χ3v) is 5.22. The van der Waals surface area contributed by atoms with Gasteiger partial charge in [-0.1, -0.05) is 24.3 Å². The second-order valence-corrected chi connectivity index (χ2v) is 7.89. The number of phenols is 2. The summed E-state index contributed by atoms with van der Waals surface area (Å²) in [4.78, 5) is 0. The van der Waals surface area contributed by atoms with E-state index in [4.69, 9.17) is 28.1 Å². The van der Waals surface area contributed by atoms with Gasteiger partial charge in [0.25, 0.3) is 0 Å². The van der Waals surface area contributed by atoms with E-state index in [0.29, 0.717) is 39.6 Å². The number of ether oxygens (including phenoxy) is 2. The van der Waals surface area contributed by atoms with Crippen LogP contribution in [0.2, 0.25) is 0 Å². The summed E-state index contributed by atoms with van der Waals surface area (Å²) >= 11 is 0. The van der Waals surface area contributed by atoms with Crippen molar-refractivity contribution in [2.75, 3.05) is 39.6 Å². The molecule has 2 aromatic rings. The Morgan fingerprint density at radius 1 is 0.750 bits per heavy atom. The van der Waals surface area contributed by atoms with E-state index < -0.39 is 14.2 Å². The Balaban J connectivity index is 1.01. The largest absolute Gasteiger partial charge is 0.508 e. The Morgan fingerprint density at radius 3 is 1.66 bits per heavy atom. The lowest BCUT2D eigenvalue weighted by molar-refractivity contribution is 0.0407. The highest BCUT2D eigenvalue weighted by molar-refractivity contribution is 6.62. The van der Waals surface area contributed by atoms with Gasteiger partial charge in [0.1, 0.15) is 11.5 Å². The van der Waals surface area contributed by atoms with Crippen molar-refractivity contribution in [1.29, 1.82) is 0 Å². The van der Waals surface area contributed by atoms with Gasteiger partial charge < -0.3 is 38.3 Å². The first-order valence-corrected chi connectivity index (χ1v) is 10.9. The number of benzene rings is 2. The van der Waals surface area contributed by atoms with Gasteiger partial charge >= 0.3 is 14.2 Å². The number of rotatable bonds is 11. The molecule has 2 saturated heterocycles. The average molecular weight is 442 g/mol. The second-order valence-electron chi connectivity index (χ2n) is 7.89.